The zero-order valence-electron chi connectivity index (χ0n) is 12.2. The van der Waals surface area contributed by atoms with Crippen molar-refractivity contribution >= 4 is 10.0 Å². The van der Waals surface area contributed by atoms with Gasteiger partial charge in [-0.15, -0.1) is 0 Å². The molecular weight excluding hydrogens is 272 g/mol. The highest BCUT2D eigenvalue weighted by atomic mass is 32.2. The molecule has 1 heterocycles. The number of hydrogen-bond acceptors (Lipinski definition) is 3. The number of benzene rings is 1. The van der Waals surface area contributed by atoms with Gasteiger partial charge >= 0.3 is 0 Å². The highest BCUT2D eigenvalue weighted by molar-refractivity contribution is 7.89. The van der Waals surface area contributed by atoms with Crippen LogP contribution in [0.2, 0.25) is 0 Å². The second-order valence-corrected chi connectivity index (χ2v) is 7.77. The van der Waals surface area contributed by atoms with Crippen LogP contribution in [0.5, 0.6) is 0 Å². The largest absolute Gasteiger partial charge is 0.326 e. The Morgan fingerprint density at radius 3 is 2.20 bits per heavy atom. The van der Waals surface area contributed by atoms with Crippen LogP contribution in [0.25, 0.3) is 0 Å². The molecule has 0 unspecified atom stereocenters. The summed E-state index contributed by atoms with van der Waals surface area (Å²) in [6, 6.07) is 6.89. The number of nitrogens with two attached hydrogens (primary N) is 1. The number of nitrogens with zero attached hydrogens (tertiary/aromatic N) is 1. The van der Waals surface area contributed by atoms with E-state index >= 15 is 0 Å². The lowest BCUT2D eigenvalue weighted by atomic mass is 9.87. The summed E-state index contributed by atoms with van der Waals surface area (Å²) < 4.78 is 26.7. The maximum Gasteiger partial charge on any atom is 0.243 e. The van der Waals surface area contributed by atoms with Crippen molar-refractivity contribution in [3.63, 3.8) is 0 Å². The van der Waals surface area contributed by atoms with E-state index in [4.69, 9.17) is 5.73 Å². The molecule has 0 atom stereocenters. The molecule has 4 nitrogen and oxygen atoms in total. The van der Waals surface area contributed by atoms with Crippen LogP contribution in [-0.4, -0.2) is 25.8 Å². The predicted molar refractivity (Wildman–Crippen MR) is 80.7 cm³/mol. The maximum absolute atomic E-state index is 12.6. The Hall–Kier alpha value is -0.910. The highest BCUT2D eigenvalue weighted by Crippen LogP contribution is 2.28. The summed E-state index contributed by atoms with van der Waals surface area (Å²) in [5, 5.41) is 0. The van der Waals surface area contributed by atoms with Crippen molar-refractivity contribution in [2.24, 2.45) is 17.6 Å². The molecule has 20 heavy (non-hydrogen) atoms. The van der Waals surface area contributed by atoms with Crippen LogP contribution in [0.4, 0.5) is 0 Å². The van der Waals surface area contributed by atoms with E-state index in [1.54, 1.807) is 28.6 Å². The van der Waals surface area contributed by atoms with Crippen LogP contribution in [0.1, 0.15) is 32.3 Å². The van der Waals surface area contributed by atoms with Crippen LogP contribution in [0.15, 0.2) is 29.2 Å². The van der Waals surface area contributed by atoms with Gasteiger partial charge in [-0.1, -0.05) is 26.0 Å². The maximum atomic E-state index is 12.6. The van der Waals surface area contributed by atoms with Gasteiger partial charge in [0.25, 0.3) is 0 Å². The van der Waals surface area contributed by atoms with Gasteiger partial charge in [-0.25, -0.2) is 8.42 Å². The third kappa shape index (κ3) is 3.22. The zero-order chi connectivity index (χ0) is 14.8. The van der Waals surface area contributed by atoms with E-state index in [0.717, 1.165) is 18.4 Å². The fraction of sp³-hybridized carbons (Fsp3) is 0.600. The molecular formula is C15H24N2O2S. The van der Waals surface area contributed by atoms with E-state index in [1.807, 2.05) is 0 Å². The van der Waals surface area contributed by atoms with Gasteiger partial charge in [-0.2, -0.15) is 4.31 Å². The Balaban J connectivity index is 2.11. The summed E-state index contributed by atoms with van der Waals surface area (Å²) >= 11 is 0. The quantitative estimate of drug-likeness (QED) is 0.926. The second kappa shape index (κ2) is 6.24. The van der Waals surface area contributed by atoms with Crippen molar-refractivity contribution in [2.45, 2.75) is 38.1 Å². The van der Waals surface area contributed by atoms with Gasteiger partial charge in [-0.3, -0.25) is 0 Å². The molecule has 0 bridgehead atoms. The van der Waals surface area contributed by atoms with Crippen LogP contribution < -0.4 is 5.73 Å². The molecule has 1 aromatic carbocycles. The van der Waals surface area contributed by atoms with Crippen molar-refractivity contribution < 1.29 is 8.42 Å². The molecule has 1 saturated heterocycles. The number of hydrogen-bond donors (Lipinski definition) is 1. The molecule has 2 N–H and O–H groups in total. The molecule has 1 fully saturated rings. The smallest absolute Gasteiger partial charge is 0.243 e. The van der Waals surface area contributed by atoms with Gasteiger partial charge in [0.1, 0.15) is 0 Å². The minimum atomic E-state index is -3.34. The Labute approximate surface area is 122 Å². The summed E-state index contributed by atoms with van der Waals surface area (Å²) in [5.74, 6) is 1.27. The van der Waals surface area contributed by atoms with E-state index in [0.29, 0.717) is 36.4 Å². The molecule has 5 heteroatoms. The van der Waals surface area contributed by atoms with Crippen LogP contribution in [0, 0.1) is 11.8 Å². The van der Waals surface area contributed by atoms with Gasteiger partial charge in [0.05, 0.1) is 4.90 Å². The second-order valence-electron chi connectivity index (χ2n) is 5.83. The van der Waals surface area contributed by atoms with E-state index in [1.165, 1.54) is 0 Å². The molecule has 1 aromatic rings. The molecule has 0 amide bonds. The molecule has 0 spiro atoms. The number of rotatable bonds is 4. The minimum absolute atomic E-state index is 0.373. The van der Waals surface area contributed by atoms with Crippen LogP contribution in [0.3, 0.4) is 0 Å². The van der Waals surface area contributed by atoms with Gasteiger partial charge in [0.15, 0.2) is 0 Å². The normalized spacial score (nSPS) is 18.6. The number of sulfonamides is 1. The first-order valence-electron chi connectivity index (χ1n) is 7.24. The van der Waals surface area contributed by atoms with Crippen molar-refractivity contribution in [2.75, 3.05) is 13.1 Å². The molecule has 112 valence electrons. The Morgan fingerprint density at radius 1 is 1.20 bits per heavy atom. The summed E-state index contributed by atoms with van der Waals surface area (Å²) in [6.07, 6.45) is 1.91. The molecule has 1 aliphatic heterocycles. The average molecular weight is 296 g/mol. The lowest BCUT2D eigenvalue weighted by Crippen LogP contribution is -2.39. The van der Waals surface area contributed by atoms with Crippen molar-refractivity contribution in [1.82, 2.24) is 4.31 Å². The van der Waals surface area contributed by atoms with Gasteiger partial charge < -0.3 is 5.73 Å². The molecule has 0 saturated carbocycles. The lowest BCUT2D eigenvalue weighted by molar-refractivity contribution is 0.226. The first kappa shape index (κ1) is 15.5. The topological polar surface area (TPSA) is 63.4 Å². The Bertz CT molecular complexity index is 529. The minimum Gasteiger partial charge on any atom is -0.326 e. The van der Waals surface area contributed by atoms with Crippen molar-refractivity contribution in [1.29, 1.82) is 0 Å². The highest BCUT2D eigenvalue weighted by Gasteiger charge is 2.30. The van der Waals surface area contributed by atoms with E-state index in [2.05, 4.69) is 13.8 Å². The predicted octanol–water partition coefficient (Wildman–Crippen LogP) is 2.20. The third-order valence-corrected chi connectivity index (χ3v) is 6.15. The summed E-state index contributed by atoms with van der Waals surface area (Å²) in [6.45, 7) is 6.11. The number of piperidine rings is 1. The van der Waals surface area contributed by atoms with Crippen LogP contribution in [-0.2, 0) is 16.6 Å². The molecule has 0 aromatic heterocycles. The van der Waals surface area contributed by atoms with Crippen molar-refractivity contribution in [3.05, 3.63) is 29.8 Å². The van der Waals surface area contributed by atoms with E-state index in [9.17, 15) is 8.42 Å². The third-order valence-electron chi connectivity index (χ3n) is 4.24. The van der Waals surface area contributed by atoms with E-state index < -0.39 is 10.0 Å². The summed E-state index contributed by atoms with van der Waals surface area (Å²) in [4.78, 5) is 0.373. The Kier molecular flexibility index (Phi) is 4.83. The van der Waals surface area contributed by atoms with E-state index in [-0.39, 0.29) is 0 Å². The molecule has 1 aliphatic rings. The molecule has 0 radical (unpaired) electrons. The summed E-state index contributed by atoms with van der Waals surface area (Å²) in [5.41, 5.74) is 6.48. The summed E-state index contributed by atoms with van der Waals surface area (Å²) in [7, 11) is -3.34. The molecule has 0 aliphatic carbocycles. The average Bonchev–Trinajstić information content (AvgIpc) is 2.47. The monoisotopic (exact) mass is 296 g/mol. The fourth-order valence-electron chi connectivity index (χ4n) is 2.73. The first-order chi connectivity index (χ1) is 9.45. The van der Waals surface area contributed by atoms with Crippen molar-refractivity contribution in [3.8, 4) is 0 Å². The first-order valence-corrected chi connectivity index (χ1v) is 8.68. The standard InChI is InChI=1S/C15H24N2O2S/c1-12(2)14-7-9-17(10-8-14)20(18,19)15-5-3-13(11-16)4-6-15/h3-6,12,14H,7-11,16H2,1-2H3. The fourth-order valence-corrected chi connectivity index (χ4v) is 4.20. The van der Waals surface area contributed by atoms with Crippen LogP contribution >= 0.6 is 0 Å². The molecule has 2 rings (SSSR count). The van der Waals surface area contributed by atoms with Gasteiger partial charge in [0.2, 0.25) is 10.0 Å². The lowest BCUT2D eigenvalue weighted by Gasteiger charge is -2.33. The Morgan fingerprint density at radius 2 is 1.75 bits per heavy atom. The van der Waals surface area contributed by atoms with Gasteiger partial charge in [0, 0.05) is 19.6 Å². The van der Waals surface area contributed by atoms with Gasteiger partial charge in [-0.05, 0) is 42.4 Å². The SMILES string of the molecule is CC(C)C1CCN(S(=O)(=O)c2ccc(CN)cc2)CC1. The zero-order valence-corrected chi connectivity index (χ0v) is 13.1.